The summed E-state index contributed by atoms with van der Waals surface area (Å²) < 4.78 is 5.45. The van der Waals surface area contributed by atoms with Gasteiger partial charge in [0.1, 0.15) is 4.88 Å². The molecule has 134 valence electrons. The van der Waals surface area contributed by atoms with Gasteiger partial charge in [0.05, 0.1) is 16.6 Å². The molecule has 3 heterocycles. The first kappa shape index (κ1) is 16.9. The first-order chi connectivity index (χ1) is 12.5. The Hall–Kier alpha value is -2.54. The molecular weight excluding hydrogens is 348 g/mol. The van der Waals surface area contributed by atoms with Crippen molar-refractivity contribution in [3.63, 3.8) is 0 Å². The molecule has 1 amide bonds. The molecule has 0 unspecified atom stereocenters. The number of hydrogen-bond donors (Lipinski definition) is 0. The summed E-state index contributed by atoms with van der Waals surface area (Å²) in [5, 5.41) is 4.85. The van der Waals surface area contributed by atoms with Gasteiger partial charge in [0, 0.05) is 19.0 Å². The van der Waals surface area contributed by atoms with E-state index in [1.807, 2.05) is 43.9 Å². The van der Waals surface area contributed by atoms with E-state index in [4.69, 9.17) is 4.52 Å². The van der Waals surface area contributed by atoms with E-state index in [0.717, 1.165) is 15.6 Å². The highest BCUT2D eigenvalue weighted by molar-refractivity contribution is 7.13. The fourth-order valence-electron chi connectivity index (χ4n) is 3.59. The second kappa shape index (κ2) is 6.64. The molecule has 26 heavy (non-hydrogen) atoms. The molecule has 0 N–H and O–H groups in total. The standard InChI is InChI=1S/C19H20N4O2S/c1-11-17(26-13(3)20-11)19(24)23-9-15(14-7-5-4-6-8-14)16(10-23)18-21-12(2)22-25-18/h4-8,15-16H,9-10H2,1-3H3/t15-,16+/m1/s1. The smallest absolute Gasteiger partial charge is 0.265 e. The Morgan fingerprint density at radius 1 is 1.12 bits per heavy atom. The second-order valence-corrected chi connectivity index (χ2v) is 7.86. The Bertz CT molecular complexity index is 934. The maximum atomic E-state index is 13.1. The van der Waals surface area contributed by atoms with Gasteiger partial charge in [-0.2, -0.15) is 4.98 Å². The zero-order valence-electron chi connectivity index (χ0n) is 15.0. The highest BCUT2D eigenvalue weighted by atomic mass is 32.1. The molecule has 3 aromatic rings. The van der Waals surface area contributed by atoms with Crippen molar-refractivity contribution in [2.24, 2.45) is 0 Å². The van der Waals surface area contributed by atoms with Gasteiger partial charge >= 0.3 is 0 Å². The van der Waals surface area contributed by atoms with Crippen molar-refractivity contribution in [1.82, 2.24) is 20.0 Å². The highest BCUT2D eigenvalue weighted by Gasteiger charge is 2.41. The molecule has 0 aliphatic carbocycles. The van der Waals surface area contributed by atoms with E-state index in [-0.39, 0.29) is 17.7 Å². The van der Waals surface area contributed by atoms with Crippen LogP contribution >= 0.6 is 11.3 Å². The van der Waals surface area contributed by atoms with Gasteiger partial charge < -0.3 is 9.42 Å². The Balaban J connectivity index is 1.67. The van der Waals surface area contributed by atoms with Crippen LogP contribution < -0.4 is 0 Å². The molecule has 1 aliphatic heterocycles. The molecule has 2 aromatic heterocycles. The van der Waals surface area contributed by atoms with Crippen molar-refractivity contribution in [2.45, 2.75) is 32.6 Å². The minimum absolute atomic E-state index is 0.00289. The molecule has 7 heteroatoms. The number of benzene rings is 1. The molecule has 0 saturated carbocycles. The summed E-state index contributed by atoms with van der Waals surface area (Å²) in [7, 11) is 0. The van der Waals surface area contributed by atoms with Gasteiger partial charge in [-0.05, 0) is 26.3 Å². The van der Waals surface area contributed by atoms with Crippen LogP contribution in [0.5, 0.6) is 0 Å². The van der Waals surface area contributed by atoms with Crippen LogP contribution in [0.2, 0.25) is 0 Å². The first-order valence-electron chi connectivity index (χ1n) is 8.61. The summed E-state index contributed by atoms with van der Waals surface area (Å²) in [4.78, 5) is 24.5. The normalized spacial score (nSPS) is 19.9. The van der Waals surface area contributed by atoms with Crippen molar-refractivity contribution in [3.8, 4) is 0 Å². The van der Waals surface area contributed by atoms with E-state index in [1.165, 1.54) is 16.9 Å². The average Bonchev–Trinajstić information content (AvgIpc) is 3.33. The van der Waals surface area contributed by atoms with Gasteiger partial charge in [-0.3, -0.25) is 4.79 Å². The molecule has 6 nitrogen and oxygen atoms in total. The number of rotatable bonds is 3. The number of amides is 1. The summed E-state index contributed by atoms with van der Waals surface area (Å²) in [6.07, 6.45) is 0. The van der Waals surface area contributed by atoms with Gasteiger partial charge in [0.15, 0.2) is 5.82 Å². The third-order valence-corrected chi connectivity index (χ3v) is 5.85. The molecule has 0 spiro atoms. The zero-order valence-corrected chi connectivity index (χ0v) is 15.8. The number of aromatic nitrogens is 3. The maximum absolute atomic E-state index is 13.1. The van der Waals surface area contributed by atoms with Crippen LogP contribution in [0, 0.1) is 20.8 Å². The molecule has 0 bridgehead atoms. The Morgan fingerprint density at radius 3 is 2.46 bits per heavy atom. The number of thiazole rings is 1. The topological polar surface area (TPSA) is 72.1 Å². The SMILES string of the molecule is Cc1noc([C@H]2CN(C(=O)c3sc(C)nc3C)C[C@@H]2c2ccccc2)n1. The minimum atomic E-state index is -0.00289. The number of hydrogen-bond acceptors (Lipinski definition) is 6. The van der Waals surface area contributed by atoms with E-state index < -0.39 is 0 Å². The molecule has 4 rings (SSSR count). The van der Waals surface area contributed by atoms with Crippen molar-refractivity contribution < 1.29 is 9.32 Å². The lowest BCUT2D eigenvalue weighted by Crippen LogP contribution is -2.28. The van der Waals surface area contributed by atoms with Gasteiger partial charge in [0.2, 0.25) is 5.89 Å². The molecule has 1 fully saturated rings. The van der Waals surface area contributed by atoms with E-state index in [2.05, 4.69) is 27.3 Å². The predicted octanol–water partition coefficient (Wildman–Crippen LogP) is 3.47. The second-order valence-electron chi connectivity index (χ2n) is 6.66. The molecule has 1 aromatic carbocycles. The molecule has 1 aliphatic rings. The summed E-state index contributed by atoms with van der Waals surface area (Å²) in [6.45, 7) is 6.82. The number of aryl methyl sites for hydroxylation is 3. The van der Waals surface area contributed by atoms with Crippen LogP contribution in [0.1, 0.15) is 49.5 Å². The third kappa shape index (κ3) is 3.03. The van der Waals surface area contributed by atoms with Crippen molar-refractivity contribution in [3.05, 3.63) is 63.2 Å². The maximum Gasteiger partial charge on any atom is 0.265 e. The van der Waals surface area contributed by atoms with Crippen LogP contribution in [0.15, 0.2) is 34.9 Å². The number of nitrogens with zero attached hydrogens (tertiary/aromatic N) is 4. The number of carbonyl (C=O) groups excluding carboxylic acids is 1. The highest BCUT2D eigenvalue weighted by Crippen LogP contribution is 2.40. The quantitative estimate of drug-likeness (QED) is 0.708. The Morgan fingerprint density at radius 2 is 1.85 bits per heavy atom. The van der Waals surface area contributed by atoms with Crippen LogP contribution in [0.3, 0.4) is 0 Å². The van der Waals surface area contributed by atoms with Crippen molar-refractivity contribution >= 4 is 17.2 Å². The monoisotopic (exact) mass is 368 g/mol. The average molecular weight is 368 g/mol. The lowest BCUT2D eigenvalue weighted by molar-refractivity contribution is 0.0792. The Labute approximate surface area is 155 Å². The van der Waals surface area contributed by atoms with Gasteiger partial charge in [-0.1, -0.05) is 35.5 Å². The van der Waals surface area contributed by atoms with Crippen LogP contribution in [-0.4, -0.2) is 39.0 Å². The zero-order chi connectivity index (χ0) is 18.3. The third-order valence-electron chi connectivity index (χ3n) is 4.79. The van der Waals surface area contributed by atoms with Gasteiger partial charge in [-0.25, -0.2) is 4.98 Å². The van der Waals surface area contributed by atoms with E-state index in [1.54, 1.807) is 0 Å². The number of likely N-dealkylation sites (tertiary alicyclic amines) is 1. The summed E-state index contributed by atoms with van der Waals surface area (Å²) >= 11 is 1.45. The van der Waals surface area contributed by atoms with Crippen molar-refractivity contribution in [1.29, 1.82) is 0 Å². The fourth-order valence-corrected chi connectivity index (χ4v) is 4.48. The molecule has 0 radical (unpaired) electrons. The largest absolute Gasteiger partial charge is 0.339 e. The molecular formula is C19H20N4O2S. The van der Waals surface area contributed by atoms with Crippen LogP contribution in [-0.2, 0) is 0 Å². The molecule has 2 atom stereocenters. The number of carbonyl (C=O) groups is 1. The molecule has 1 saturated heterocycles. The lowest BCUT2D eigenvalue weighted by Gasteiger charge is -2.16. The fraction of sp³-hybridized carbons (Fsp3) is 0.368. The first-order valence-corrected chi connectivity index (χ1v) is 9.43. The summed E-state index contributed by atoms with van der Waals surface area (Å²) in [5.41, 5.74) is 1.98. The van der Waals surface area contributed by atoms with Gasteiger partial charge in [-0.15, -0.1) is 11.3 Å². The van der Waals surface area contributed by atoms with Crippen LogP contribution in [0.25, 0.3) is 0 Å². The van der Waals surface area contributed by atoms with Crippen molar-refractivity contribution in [2.75, 3.05) is 13.1 Å². The summed E-state index contributed by atoms with van der Waals surface area (Å²) in [5.74, 6) is 1.38. The van der Waals surface area contributed by atoms with E-state index in [0.29, 0.717) is 24.8 Å². The Kier molecular flexibility index (Phi) is 4.32. The van der Waals surface area contributed by atoms with E-state index in [9.17, 15) is 4.79 Å². The minimum Gasteiger partial charge on any atom is -0.339 e. The lowest BCUT2D eigenvalue weighted by atomic mass is 9.89. The van der Waals surface area contributed by atoms with E-state index >= 15 is 0 Å². The van der Waals surface area contributed by atoms with Gasteiger partial charge in [0.25, 0.3) is 5.91 Å². The summed E-state index contributed by atoms with van der Waals surface area (Å²) in [6, 6.07) is 10.2. The van der Waals surface area contributed by atoms with Crippen LogP contribution in [0.4, 0.5) is 0 Å². The predicted molar refractivity (Wildman–Crippen MR) is 98.5 cm³/mol.